The smallest absolute Gasteiger partial charge is 0.0747 e. The maximum Gasteiger partial charge on any atom is 0.0747 e. The summed E-state index contributed by atoms with van der Waals surface area (Å²) in [6.07, 6.45) is 6.78. The average molecular weight is 187 g/mol. The van der Waals surface area contributed by atoms with Crippen LogP contribution < -0.4 is 0 Å². The van der Waals surface area contributed by atoms with E-state index < -0.39 is 0 Å². The molecule has 0 aromatic heterocycles. The Balaban J connectivity index is 2.46. The fraction of sp³-hybridized carbons (Fsp3) is 0.875. The molecule has 1 saturated carbocycles. The fourth-order valence-electron chi connectivity index (χ4n) is 1.95. The van der Waals surface area contributed by atoms with Gasteiger partial charge < -0.3 is 4.90 Å². The molecule has 0 spiro atoms. The number of thiocarbonyl (C=S) groups is 1. The van der Waals surface area contributed by atoms with Gasteiger partial charge in [0.1, 0.15) is 0 Å². The Morgan fingerprint density at radius 2 is 2.09 bits per heavy atom. The molecule has 0 N–H and O–H groups in total. The molecule has 1 fully saturated rings. The molecule has 0 amide bonds. The molecule has 1 aliphatic carbocycles. The van der Waals surface area contributed by atoms with Crippen LogP contribution in [0.4, 0.5) is 0 Å². The SMILES string of the molecule is CC(=S)N(C[SiH3])C1CCCC1. The zero-order chi connectivity index (χ0) is 8.27. The van der Waals surface area contributed by atoms with Crippen LogP contribution in [0.15, 0.2) is 0 Å². The van der Waals surface area contributed by atoms with Gasteiger partial charge in [0.2, 0.25) is 0 Å². The minimum atomic E-state index is 0.796. The van der Waals surface area contributed by atoms with Crippen LogP contribution in [-0.2, 0) is 0 Å². The van der Waals surface area contributed by atoms with Crippen LogP contribution >= 0.6 is 12.2 Å². The topological polar surface area (TPSA) is 3.24 Å². The predicted octanol–water partition coefficient (Wildman–Crippen LogP) is 0.901. The monoisotopic (exact) mass is 187 g/mol. The number of rotatable bonds is 2. The van der Waals surface area contributed by atoms with Crippen molar-refractivity contribution in [3.63, 3.8) is 0 Å². The Hall–Kier alpha value is 0.107. The maximum atomic E-state index is 5.20. The molecule has 0 heterocycles. The molecule has 1 nitrogen and oxygen atoms in total. The van der Waals surface area contributed by atoms with Crippen LogP contribution in [-0.4, -0.2) is 32.3 Å². The fourth-order valence-corrected chi connectivity index (χ4v) is 3.45. The quantitative estimate of drug-likeness (QED) is 0.467. The lowest BCUT2D eigenvalue weighted by Crippen LogP contribution is -2.37. The van der Waals surface area contributed by atoms with Crippen molar-refractivity contribution in [2.45, 2.75) is 38.6 Å². The van der Waals surface area contributed by atoms with Crippen molar-refractivity contribution >= 4 is 27.4 Å². The lowest BCUT2D eigenvalue weighted by Gasteiger charge is -2.28. The van der Waals surface area contributed by atoms with Crippen LogP contribution in [0.5, 0.6) is 0 Å². The highest BCUT2D eigenvalue weighted by Crippen LogP contribution is 2.23. The third kappa shape index (κ3) is 2.27. The first-order valence-corrected chi connectivity index (χ1v) is 6.35. The highest BCUT2D eigenvalue weighted by atomic mass is 32.1. The summed E-state index contributed by atoms with van der Waals surface area (Å²) in [5.74, 6) is 0. The molecular weight excluding hydrogens is 170 g/mol. The molecule has 0 bridgehead atoms. The van der Waals surface area contributed by atoms with E-state index in [1.807, 2.05) is 0 Å². The highest BCUT2D eigenvalue weighted by Gasteiger charge is 2.20. The van der Waals surface area contributed by atoms with E-state index in [2.05, 4.69) is 11.8 Å². The summed E-state index contributed by atoms with van der Waals surface area (Å²) in [5.41, 5.74) is 0. The van der Waals surface area contributed by atoms with E-state index in [-0.39, 0.29) is 0 Å². The second kappa shape index (κ2) is 4.21. The van der Waals surface area contributed by atoms with Crippen molar-refractivity contribution in [3.05, 3.63) is 0 Å². The third-order valence-corrected chi connectivity index (χ3v) is 3.43. The molecule has 1 aliphatic rings. The number of hydrogen-bond donors (Lipinski definition) is 0. The third-order valence-electron chi connectivity index (χ3n) is 2.51. The van der Waals surface area contributed by atoms with Crippen molar-refractivity contribution in [3.8, 4) is 0 Å². The molecule has 0 aliphatic heterocycles. The second-order valence-corrected chi connectivity index (χ2v) is 4.47. The van der Waals surface area contributed by atoms with Gasteiger partial charge in [-0.25, -0.2) is 0 Å². The van der Waals surface area contributed by atoms with E-state index in [0.29, 0.717) is 0 Å². The molecule has 0 aromatic carbocycles. The van der Waals surface area contributed by atoms with Crippen LogP contribution in [0.1, 0.15) is 32.6 Å². The molecule has 11 heavy (non-hydrogen) atoms. The maximum absolute atomic E-state index is 5.20. The van der Waals surface area contributed by atoms with E-state index in [9.17, 15) is 0 Å². The summed E-state index contributed by atoms with van der Waals surface area (Å²) >= 11 is 5.20. The summed E-state index contributed by atoms with van der Waals surface area (Å²) in [5, 5.41) is 0. The van der Waals surface area contributed by atoms with E-state index in [1.165, 1.54) is 42.1 Å². The van der Waals surface area contributed by atoms with Gasteiger partial charge in [-0.3, -0.25) is 0 Å². The van der Waals surface area contributed by atoms with E-state index in [4.69, 9.17) is 12.2 Å². The summed E-state index contributed by atoms with van der Waals surface area (Å²) in [4.78, 5) is 3.53. The normalized spacial score (nSPS) is 19.0. The largest absolute Gasteiger partial charge is 0.367 e. The lowest BCUT2D eigenvalue weighted by molar-refractivity contribution is 0.360. The van der Waals surface area contributed by atoms with Gasteiger partial charge in [0.25, 0.3) is 0 Å². The first-order chi connectivity index (χ1) is 5.25. The molecule has 3 heteroatoms. The Kier molecular flexibility index (Phi) is 3.52. The Morgan fingerprint density at radius 1 is 1.55 bits per heavy atom. The average Bonchev–Trinajstić information content (AvgIpc) is 2.40. The van der Waals surface area contributed by atoms with E-state index in [0.717, 1.165) is 11.0 Å². The Bertz CT molecular complexity index is 143. The van der Waals surface area contributed by atoms with Gasteiger partial charge in [0, 0.05) is 22.5 Å². The number of nitrogens with zero attached hydrogens (tertiary/aromatic N) is 1. The van der Waals surface area contributed by atoms with Crippen LogP contribution in [0.2, 0.25) is 0 Å². The molecule has 1 rings (SSSR count). The Morgan fingerprint density at radius 3 is 2.45 bits per heavy atom. The summed E-state index contributed by atoms with van der Waals surface area (Å²) in [6, 6.07) is 0.796. The van der Waals surface area contributed by atoms with Crippen molar-refractivity contribution in [2.24, 2.45) is 0 Å². The van der Waals surface area contributed by atoms with Crippen LogP contribution in [0.25, 0.3) is 0 Å². The Labute approximate surface area is 77.6 Å². The molecule has 0 radical (unpaired) electrons. The molecule has 0 atom stereocenters. The zero-order valence-electron chi connectivity index (χ0n) is 7.47. The molecule has 0 saturated heterocycles. The summed E-state index contributed by atoms with van der Waals surface area (Å²) in [7, 11) is 1.24. The number of hydrogen-bond acceptors (Lipinski definition) is 1. The molecule has 0 unspecified atom stereocenters. The first kappa shape index (κ1) is 9.20. The lowest BCUT2D eigenvalue weighted by atomic mass is 10.2. The van der Waals surface area contributed by atoms with Gasteiger partial charge in [-0.1, -0.05) is 25.1 Å². The van der Waals surface area contributed by atoms with Gasteiger partial charge >= 0.3 is 0 Å². The first-order valence-electron chi connectivity index (χ1n) is 4.53. The van der Waals surface area contributed by atoms with Crippen molar-refractivity contribution in [1.82, 2.24) is 4.90 Å². The second-order valence-electron chi connectivity index (χ2n) is 3.24. The van der Waals surface area contributed by atoms with E-state index >= 15 is 0 Å². The highest BCUT2D eigenvalue weighted by molar-refractivity contribution is 7.80. The van der Waals surface area contributed by atoms with Crippen LogP contribution in [0, 0.1) is 0 Å². The van der Waals surface area contributed by atoms with Crippen molar-refractivity contribution < 1.29 is 0 Å². The molecule has 0 aromatic rings. The van der Waals surface area contributed by atoms with Gasteiger partial charge in [0.05, 0.1) is 4.99 Å². The predicted molar refractivity (Wildman–Crippen MR) is 57.2 cm³/mol. The van der Waals surface area contributed by atoms with Crippen LogP contribution in [0.3, 0.4) is 0 Å². The molecule has 64 valence electrons. The minimum Gasteiger partial charge on any atom is -0.367 e. The van der Waals surface area contributed by atoms with E-state index in [1.54, 1.807) is 0 Å². The van der Waals surface area contributed by atoms with Gasteiger partial charge in [-0.05, 0) is 19.8 Å². The van der Waals surface area contributed by atoms with Crippen molar-refractivity contribution in [2.75, 3.05) is 6.17 Å². The van der Waals surface area contributed by atoms with Crippen molar-refractivity contribution in [1.29, 1.82) is 0 Å². The van der Waals surface area contributed by atoms with Gasteiger partial charge in [0.15, 0.2) is 0 Å². The standard InChI is InChI=1S/C8H17NSSi/c1-7(10)9(6-11)8-4-2-3-5-8/h8H,2-6H2,1,11H3. The molecular formula is C8H17NSSi. The summed E-state index contributed by atoms with van der Waals surface area (Å²) in [6.45, 7) is 2.06. The zero-order valence-corrected chi connectivity index (χ0v) is 10.3. The summed E-state index contributed by atoms with van der Waals surface area (Å²) < 4.78 is 0. The van der Waals surface area contributed by atoms with Gasteiger partial charge in [-0.2, -0.15) is 0 Å². The minimum absolute atomic E-state index is 0.796. The van der Waals surface area contributed by atoms with Gasteiger partial charge in [-0.15, -0.1) is 0 Å².